The summed E-state index contributed by atoms with van der Waals surface area (Å²) >= 11 is 4.68. The number of hydrogen-bond donors (Lipinski definition) is 1. The van der Waals surface area contributed by atoms with Gasteiger partial charge in [0.2, 0.25) is 0 Å². The van der Waals surface area contributed by atoms with Gasteiger partial charge in [-0.2, -0.15) is 12.6 Å². The lowest BCUT2D eigenvalue weighted by Crippen LogP contribution is -2.02. The predicted molar refractivity (Wildman–Crippen MR) is 86.4 cm³/mol. The summed E-state index contributed by atoms with van der Waals surface area (Å²) in [6.07, 6.45) is 12.9. The maximum absolute atomic E-state index is 4.68. The first-order valence-corrected chi connectivity index (χ1v) is 7.84. The van der Waals surface area contributed by atoms with Gasteiger partial charge in [-0.3, -0.25) is 0 Å². The second kappa shape index (κ2) is 8.63. The SMILES string of the molecule is C=CCC(S)C/C(CCC)=C1\CCCC(=C)CC1. The van der Waals surface area contributed by atoms with Crippen LogP contribution in [0.1, 0.15) is 64.7 Å². The Kier molecular flexibility index (Phi) is 7.50. The lowest BCUT2D eigenvalue weighted by Gasteiger charge is -2.17. The summed E-state index contributed by atoms with van der Waals surface area (Å²) < 4.78 is 0. The third-order valence-electron chi connectivity index (χ3n) is 3.76. The van der Waals surface area contributed by atoms with Gasteiger partial charge < -0.3 is 0 Å². The number of hydrogen-bond acceptors (Lipinski definition) is 1. The van der Waals surface area contributed by atoms with Crippen molar-refractivity contribution in [3.8, 4) is 0 Å². The van der Waals surface area contributed by atoms with Crippen molar-refractivity contribution in [1.82, 2.24) is 0 Å². The molecule has 1 atom stereocenters. The van der Waals surface area contributed by atoms with Crippen molar-refractivity contribution in [2.75, 3.05) is 0 Å². The third-order valence-corrected chi connectivity index (χ3v) is 4.16. The molecule has 1 rings (SSSR count). The molecule has 0 N–H and O–H groups in total. The van der Waals surface area contributed by atoms with Gasteiger partial charge in [0, 0.05) is 5.25 Å². The fraction of sp³-hybridized carbons (Fsp3) is 0.647. The minimum atomic E-state index is 0.447. The Morgan fingerprint density at radius 3 is 2.78 bits per heavy atom. The summed E-state index contributed by atoms with van der Waals surface area (Å²) in [7, 11) is 0. The van der Waals surface area contributed by atoms with Crippen molar-refractivity contribution >= 4 is 12.6 Å². The van der Waals surface area contributed by atoms with Crippen molar-refractivity contribution in [1.29, 1.82) is 0 Å². The molecule has 18 heavy (non-hydrogen) atoms. The molecule has 0 heterocycles. The Hall–Kier alpha value is -0.430. The molecule has 1 fully saturated rings. The van der Waals surface area contributed by atoms with Crippen LogP contribution in [-0.4, -0.2) is 5.25 Å². The van der Waals surface area contributed by atoms with Crippen LogP contribution < -0.4 is 0 Å². The molecule has 0 aliphatic heterocycles. The Balaban J connectivity index is 2.73. The van der Waals surface area contributed by atoms with Crippen LogP contribution in [0.5, 0.6) is 0 Å². The summed E-state index contributed by atoms with van der Waals surface area (Å²) in [5, 5.41) is 0.447. The quantitative estimate of drug-likeness (QED) is 0.346. The number of thiol groups is 1. The molecule has 0 aromatic heterocycles. The van der Waals surface area contributed by atoms with Crippen LogP contribution in [0.3, 0.4) is 0 Å². The largest absolute Gasteiger partial charge is 0.175 e. The van der Waals surface area contributed by atoms with Crippen molar-refractivity contribution in [2.45, 2.75) is 70.0 Å². The molecule has 0 saturated heterocycles. The average molecular weight is 264 g/mol. The van der Waals surface area contributed by atoms with Gasteiger partial charge in [-0.15, -0.1) is 6.58 Å². The van der Waals surface area contributed by atoms with E-state index >= 15 is 0 Å². The van der Waals surface area contributed by atoms with Crippen molar-refractivity contribution in [3.05, 3.63) is 36.0 Å². The number of rotatable bonds is 6. The van der Waals surface area contributed by atoms with Crippen LogP contribution >= 0.6 is 12.6 Å². The summed E-state index contributed by atoms with van der Waals surface area (Å²) in [6, 6.07) is 0. The Labute approximate surface area is 119 Å². The van der Waals surface area contributed by atoms with E-state index in [-0.39, 0.29) is 0 Å². The zero-order valence-electron chi connectivity index (χ0n) is 11.9. The average Bonchev–Trinajstić information content (AvgIpc) is 2.54. The van der Waals surface area contributed by atoms with Crippen LogP contribution in [0, 0.1) is 0 Å². The van der Waals surface area contributed by atoms with E-state index < -0.39 is 0 Å². The van der Waals surface area contributed by atoms with Gasteiger partial charge in [0.1, 0.15) is 0 Å². The Morgan fingerprint density at radius 2 is 2.11 bits per heavy atom. The molecule has 0 bridgehead atoms. The monoisotopic (exact) mass is 264 g/mol. The van der Waals surface area contributed by atoms with Gasteiger partial charge in [-0.25, -0.2) is 0 Å². The molecule has 1 saturated carbocycles. The minimum absolute atomic E-state index is 0.447. The van der Waals surface area contributed by atoms with Crippen molar-refractivity contribution in [2.24, 2.45) is 0 Å². The topological polar surface area (TPSA) is 0 Å². The molecule has 0 spiro atoms. The first-order valence-electron chi connectivity index (χ1n) is 7.32. The minimum Gasteiger partial charge on any atom is -0.175 e. The molecular weight excluding hydrogens is 236 g/mol. The van der Waals surface area contributed by atoms with Gasteiger partial charge in [-0.05, 0) is 51.4 Å². The van der Waals surface area contributed by atoms with Gasteiger partial charge in [0.15, 0.2) is 0 Å². The van der Waals surface area contributed by atoms with Gasteiger partial charge in [-0.1, -0.05) is 42.7 Å². The van der Waals surface area contributed by atoms with Crippen molar-refractivity contribution in [3.63, 3.8) is 0 Å². The maximum atomic E-state index is 4.68. The molecular formula is C17H28S. The van der Waals surface area contributed by atoms with Crippen LogP contribution in [0.4, 0.5) is 0 Å². The molecule has 1 aliphatic carbocycles. The normalized spacial score (nSPS) is 21.3. The van der Waals surface area contributed by atoms with E-state index in [1.54, 1.807) is 11.1 Å². The molecule has 0 radical (unpaired) electrons. The zero-order chi connectivity index (χ0) is 13.4. The second-order valence-corrected chi connectivity index (χ2v) is 6.17. The van der Waals surface area contributed by atoms with Crippen LogP contribution in [0.15, 0.2) is 36.0 Å². The molecule has 0 nitrogen and oxygen atoms in total. The van der Waals surface area contributed by atoms with Crippen molar-refractivity contribution < 1.29 is 0 Å². The lowest BCUT2D eigenvalue weighted by molar-refractivity contribution is 0.737. The lowest BCUT2D eigenvalue weighted by atomic mass is 9.93. The standard InChI is InChI=1S/C17H28S/c1-4-7-16(13-17(18)8-5-2)15-10-6-9-14(3)11-12-15/h5,17-18H,2-4,6-13H2,1H3/b16-15+. The van der Waals surface area contributed by atoms with Gasteiger partial charge in [0.05, 0.1) is 0 Å². The summed E-state index contributed by atoms with van der Waals surface area (Å²) in [6.45, 7) is 10.2. The fourth-order valence-corrected chi connectivity index (χ4v) is 3.14. The first kappa shape index (κ1) is 15.6. The van der Waals surface area contributed by atoms with E-state index in [9.17, 15) is 0 Å². The highest BCUT2D eigenvalue weighted by atomic mass is 32.1. The van der Waals surface area contributed by atoms with E-state index in [1.807, 2.05) is 6.08 Å². The number of allylic oxidation sites excluding steroid dienone is 4. The first-order chi connectivity index (χ1) is 8.67. The van der Waals surface area contributed by atoms with Gasteiger partial charge in [0.25, 0.3) is 0 Å². The molecule has 0 aromatic rings. The highest BCUT2D eigenvalue weighted by Gasteiger charge is 2.13. The zero-order valence-corrected chi connectivity index (χ0v) is 12.8. The highest BCUT2D eigenvalue weighted by molar-refractivity contribution is 7.80. The molecule has 1 unspecified atom stereocenters. The van der Waals surface area contributed by atoms with E-state index in [2.05, 4.69) is 32.7 Å². The maximum Gasteiger partial charge on any atom is 0.00884 e. The van der Waals surface area contributed by atoms with E-state index in [0.717, 1.165) is 12.8 Å². The molecule has 1 aliphatic rings. The summed E-state index contributed by atoms with van der Waals surface area (Å²) in [4.78, 5) is 0. The molecule has 0 amide bonds. The second-order valence-electron chi connectivity index (χ2n) is 5.44. The van der Waals surface area contributed by atoms with Gasteiger partial charge >= 0.3 is 0 Å². The Bertz CT molecular complexity index is 312. The highest BCUT2D eigenvalue weighted by Crippen LogP contribution is 2.31. The van der Waals surface area contributed by atoms with E-state index in [1.165, 1.54) is 50.5 Å². The van der Waals surface area contributed by atoms with E-state index in [0.29, 0.717) is 5.25 Å². The molecule has 1 heteroatoms. The molecule has 102 valence electrons. The molecule has 0 aromatic carbocycles. The van der Waals surface area contributed by atoms with Crippen LogP contribution in [-0.2, 0) is 0 Å². The predicted octanol–water partition coefficient (Wildman–Crippen LogP) is 5.87. The fourth-order valence-electron chi connectivity index (χ4n) is 2.77. The van der Waals surface area contributed by atoms with Crippen LogP contribution in [0.2, 0.25) is 0 Å². The summed E-state index contributed by atoms with van der Waals surface area (Å²) in [5.41, 5.74) is 4.82. The summed E-state index contributed by atoms with van der Waals surface area (Å²) in [5.74, 6) is 0. The van der Waals surface area contributed by atoms with Crippen LogP contribution in [0.25, 0.3) is 0 Å². The Morgan fingerprint density at radius 1 is 1.33 bits per heavy atom. The smallest absolute Gasteiger partial charge is 0.00884 e. The van der Waals surface area contributed by atoms with E-state index in [4.69, 9.17) is 0 Å². The third kappa shape index (κ3) is 5.48.